The third-order valence-corrected chi connectivity index (χ3v) is 5.39. The van der Waals surface area contributed by atoms with Gasteiger partial charge in [-0.25, -0.2) is 9.97 Å². The molecule has 0 saturated carbocycles. The third kappa shape index (κ3) is 12.3. The zero-order chi connectivity index (χ0) is 30.1. The van der Waals surface area contributed by atoms with Gasteiger partial charge >= 0.3 is 6.36 Å². The molecular formula is C27H40F3N7O3. The average Bonchev–Trinajstić information content (AvgIpc) is 3.31. The molecule has 3 N–H and O–H groups in total. The summed E-state index contributed by atoms with van der Waals surface area (Å²) in [6, 6.07) is 5.83. The number of ether oxygens (including phenoxy) is 1. The van der Waals surface area contributed by atoms with E-state index in [2.05, 4.69) is 24.9 Å². The topological polar surface area (TPSA) is 119 Å². The molecule has 0 bridgehead atoms. The number of nitrogens with one attached hydrogen (secondary N) is 1. The van der Waals surface area contributed by atoms with Crippen molar-refractivity contribution < 1.29 is 27.5 Å². The predicted octanol–water partition coefficient (Wildman–Crippen LogP) is 3.77. The number of allylic oxidation sites excluding steroid dienone is 2. The normalized spacial score (nSPS) is 14.6. The highest BCUT2D eigenvalue weighted by atomic mass is 19.4. The van der Waals surface area contributed by atoms with Crippen molar-refractivity contribution in [3.63, 3.8) is 0 Å². The van der Waals surface area contributed by atoms with Crippen molar-refractivity contribution in [3.05, 3.63) is 66.0 Å². The molecule has 3 rings (SSSR count). The minimum absolute atomic E-state index is 0.0875. The van der Waals surface area contributed by atoms with E-state index in [0.29, 0.717) is 43.3 Å². The van der Waals surface area contributed by atoms with Gasteiger partial charge in [-0.3, -0.25) is 14.3 Å². The Bertz CT molecular complexity index is 1080. The Morgan fingerprint density at radius 2 is 1.90 bits per heavy atom. The zero-order valence-corrected chi connectivity index (χ0v) is 23.7. The fraction of sp³-hybridized carbons (Fsp3) is 0.481. The minimum atomic E-state index is -4.61. The average molecular weight is 568 g/mol. The molecule has 1 aliphatic heterocycles. The molecule has 0 aliphatic carbocycles. The molecule has 1 unspecified atom stereocenters. The van der Waals surface area contributed by atoms with E-state index in [0.717, 1.165) is 18.9 Å². The fourth-order valence-corrected chi connectivity index (χ4v) is 3.63. The number of aromatic nitrogens is 3. The molecule has 2 amide bonds. The molecule has 1 aliphatic rings. The van der Waals surface area contributed by atoms with Crippen LogP contribution in [0.5, 0.6) is 0 Å². The van der Waals surface area contributed by atoms with Crippen molar-refractivity contribution in [2.24, 2.45) is 12.8 Å². The number of halogens is 3. The van der Waals surface area contributed by atoms with Gasteiger partial charge in [-0.1, -0.05) is 38.1 Å². The first kappa shape index (κ1) is 34.2. The standard InChI is InChI=1S/C16H20N6O2.C9H14F3NO.C2H6/c1-20-11-13(10-17-12-23)19-15(20)16(24)22-8-6-21(7-9-22)14-4-2-3-5-18-14;1-3-4-8(6-5-7(2)13)14-9(10,11)12;1-2/h2-5,11-12H,6-10H2,1H3,(H,17,23);3-5,8H,6,13H2,1-2H3;1-2H3/b;4-3-,7-5+;. The number of rotatable bonds is 9. The number of amides is 2. The van der Waals surface area contributed by atoms with Crippen LogP contribution in [0.25, 0.3) is 0 Å². The number of carbonyl (C=O) groups excluding carboxylic acids is 2. The molecule has 0 aromatic carbocycles. The second-order valence-electron chi connectivity index (χ2n) is 8.44. The van der Waals surface area contributed by atoms with Crippen molar-refractivity contribution in [1.82, 2.24) is 24.8 Å². The number of nitrogens with two attached hydrogens (primary N) is 1. The molecular weight excluding hydrogens is 527 g/mol. The first-order valence-corrected chi connectivity index (χ1v) is 13.0. The smallest absolute Gasteiger partial charge is 0.403 e. The number of alkyl halides is 3. The maximum absolute atomic E-state index is 12.7. The highest BCUT2D eigenvalue weighted by molar-refractivity contribution is 5.91. The highest BCUT2D eigenvalue weighted by Gasteiger charge is 2.32. The lowest BCUT2D eigenvalue weighted by atomic mass is 10.2. The Kier molecular flexibility index (Phi) is 15.1. The van der Waals surface area contributed by atoms with Crippen LogP contribution in [0.2, 0.25) is 0 Å². The second-order valence-corrected chi connectivity index (χ2v) is 8.44. The number of pyridine rings is 1. The van der Waals surface area contributed by atoms with E-state index in [1.165, 1.54) is 18.2 Å². The lowest BCUT2D eigenvalue weighted by Crippen LogP contribution is -2.49. The quantitative estimate of drug-likeness (QED) is 0.350. The Hall–Kier alpha value is -3.87. The van der Waals surface area contributed by atoms with Gasteiger partial charge in [-0.15, -0.1) is 13.2 Å². The Morgan fingerprint density at radius 3 is 2.42 bits per heavy atom. The third-order valence-electron chi connectivity index (χ3n) is 5.39. The first-order valence-electron chi connectivity index (χ1n) is 13.0. The van der Waals surface area contributed by atoms with E-state index >= 15 is 0 Å². The van der Waals surface area contributed by atoms with Gasteiger partial charge in [0.15, 0.2) is 5.82 Å². The number of aryl methyl sites for hydroxylation is 1. The zero-order valence-electron chi connectivity index (χ0n) is 23.7. The molecule has 1 saturated heterocycles. The lowest BCUT2D eigenvalue weighted by Gasteiger charge is -2.35. The molecule has 10 nitrogen and oxygen atoms in total. The monoisotopic (exact) mass is 567 g/mol. The number of nitrogens with zero attached hydrogens (tertiary/aromatic N) is 5. The number of hydrogen-bond acceptors (Lipinski definition) is 7. The molecule has 2 aromatic rings. The number of hydrogen-bond donors (Lipinski definition) is 2. The minimum Gasteiger partial charge on any atom is -0.403 e. The van der Waals surface area contributed by atoms with Crippen molar-refractivity contribution in [3.8, 4) is 0 Å². The highest BCUT2D eigenvalue weighted by Crippen LogP contribution is 2.21. The van der Waals surface area contributed by atoms with E-state index in [1.54, 1.807) is 42.8 Å². The second kappa shape index (κ2) is 17.7. The van der Waals surface area contributed by atoms with Crippen molar-refractivity contribution in [2.45, 2.75) is 53.1 Å². The van der Waals surface area contributed by atoms with E-state index in [9.17, 15) is 22.8 Å². The van der Waals surface area contributed by atoms with Crippen LogP contribution in [-0.4, -0.2) is 70.4 Å². The molecule has 2 aromatic heterocycles. The first-order chi connectivity index (χ1) is 19.0. The van der Waals surface area contributed by atoms with E-state index in [4.69, 9.17) is 5.73 Å². The molecule has 1 atom stereocenters. The van der Waals surface area contributed by atoms with Gasteiger partial charge in [0.25, 0.3) is 5.91 Å². The van der Waals surface area contributed by atoms with Gasteiger partial charge in [0.1, 0.15) is 5.82 Å². The van der Waals surface area contributed by atoms with Crippen LogP contribution < -0.4 is 16.0 Å². The number of piperazine rings is 1. The SMILES string of the molecule is C/C=C\C(C/C=C(\C)N)OC(F)(F)F.CC.Cn1cc(CNC=O)nc1C(=O)N1CCN(c2ccccn2)CC1. The summed E-state index contributed by atoms with van der Waals surface area (Å²) in [6.07, 6.45) is 3.00. The summed E-state index contributed by atoms with van der Waals surface area (Å²) in [5.74, 6) is 1.24. The van der Waals surface area contributed by atoms with Crippen molar-refractivity contribution >= 4 is 18.1 Å². The maximum atomic E-state index is 12.7. The van der Waals surface area contributed by atoms with Gasteiger partial charge in [0.05, 0.1) is 18.3 Å². The molecule has 40 heavy (non-hydrogen) atoms. The van der Waals surface area contributed by atoms with Crippen molar-refractivity contribution in [2.75, 3.05) is 31.1 Å². The van der Waals surface area contributed by atoms with Gasteiger partial charge in [0.2, 0.25) is 6.41 Å². The molecule has 0 radical (unpaired) electrons. The lowest BCUT2D eigenvalue weighted by molar-refractivity contribution is -0.335. The summed E-state index contributed by atoms with van der Waals surface area (Å²) in [7, 11) is 1.79. The molecule has 1 fully saturated rings. The Balaban J connectivity index is 0.000000430. The number of imidazole rings is 1. The molecule has 222 valence electrons. The largest absolute Gasteiger partial charge is 0.523 e. The summed E-state index contributed by atoms with van der Waals surface area (Å²) in [5, 5.41) is 2.55. The number of carbonyl (C=O) groups is 2. The van der Waals surface area contributed by atoms with Gasteiger partial charge in [-0.2, -0.15) is 0 Å². The summed E-state index contributed by atoms with van der Waals surface area (Å²) in [4.78, 5) is 35.7. The maximum Gasteiger partial charge on any atom is 0.523 e. The summed E-state index contributed by atoms with van der Waals surface area (Å²) in [6.45, 7) is 10.3. The van der Waals surface area contributed by atoms with Gasteiger partial charge < -0.3 is 25.4 Å². The van der Waals surface area contributed by atoms with Crippen LogP contribution in [0, 0.1) is 0 Å². The Labute approximate surface area is 233 Å². The van der Waals surface area contributed by atoms with Gasteiger partial charge in [-0.05, 0) is 32.4 Å². The van der Waals surface area contributed by atoms with E-state index < -0.39 is 12.5 Å². The van der Waals surface area contributed by atoms with Crippen LogP contribution in [0.4, 0.5) is 19.0 Å². The molecule has 0 spiro atoms. The predicted molar refractivity (Wildman–Crippen MR) is 148 cm³/mol. The molecule has 13 heteroatoms. The van der Waals surface area contributed by atoms with Crippen LogP contribution in [0.3, 0.4) is 0 Å². The van der Waals surface area contributed by atoms with Gasteiger partial charge in [0, 0.05) is 51.3 Å². The van der Waals surface area contributed by atoms with E-state index in [-0.39, 0.29) is 12.3 Å². The summed E-state index contributed by atoms with van der Waals surface area (Å²) >= 11 is 0. The fourth-order valence-electron chi connectivity index (χ4n) is 3.63. The van der Waals surface area contributed by atoms with Crippen LogP contribution in [-0.2, 0) is 23.1 Å². The van der Waals surface area contributed by atoms with Crippen LogP contribution in [0.15, 0.2) is 54.5 Å². The summed E-state index contributed by atoms with van der Waals surface area (Å²) < 4.78 is 41.1. The molecule has 3 heterocycles. The van der Waals surface area contributed by atoms with Crippen LogP contribution in [0.1, 0.15) is 50.4 Å². The van der Waals surface area contributed by atoms with E-state index in [1.807, 2.05) is 32.0 Å². The van der Waals surface area contributed by atoms with Crippen molar-refractivity contribution in [1.29, 1.82) is 0 Å². The Morgan fingerprint density at radius 1 is 1.23 bits per heavy atom. The summed E-state index contributed by atoms with van der Waals surface area (Å²) in [5.41, 5.74) is 6.44. The number of anilines is 1. The van der Waals surface area contributed by atoms with Crippen LogP contribution >= 0.6 is 0 Å².